The van der Waals surface area contributed by atoms with Crippen LogP contribution in [0.3, 0.4) is 0 Å². The van der Waals surface area contributed by atoms with Crippen LogP contribution in [0.15, 0.2) is 55.0 Å². The molecule has 1 aliphatic heterocycles. The Morgan fingerprint density at radius 2 is 1.97 bits per heavy atom. The number of alkyl halides is 3. The van der Waals surface area contributed by atoms with Crippen LogP contribution in [-0.2, 0) is 6.18 Å². The molecule has 0 spiro atoms. The van der Waals surface area contributed by atoms with Crippen molar-refractivity contribution in [2.24, 2.45) is 5.73 Å². The summed E-state index contributed by atoms with van der Waals surface area (Å²) in [5.41, 5.74) is 7.20. The van der Waals surface area contributed by atoms with Crippen molar-refractivity contribution in [1.82, 2.24) is 15.0 Å². The molecule has 0 amide bonds. The Labute approximate surface area is 210 Å². The molecule has 7 nitrogen and oxygen atoms in total. The molecule has 1 aliphatic rings. The number of aromatic nitrogens is 3. The average molecular weight is 517 g/mol. The molecule has 0 saturated carbocycles. The predicted octanol–water partition coefficient (Wildman–Crippen LogP) is 5.75. The minimum atomic E-state index is -4.49. The van der Waals surface area contributed by atoms with E-state index in [4.69, 9.17) is 22.1 Å². The number of halogens is 4. The zero-order valence-electron chi connectivity index (χ0n) is 19.4. The van der Waals surface area contributed by atoms with Crippen molar-refractivity contribution in [3.8, 4) is 11.5 Å². The van der Waals surface area contributed by atoms with Gasteiger partial charge in [-0.1, -0.05) is 11.6 Å². The van der Waals surface area contributed by atoms with E-state index >= 15 is 0 Å². The highest BCUT2D eigenvalue weighted by atomic mass is 35.5. The second kappa shape index (κ2) is 9.18. The van der Waals surface area contributed by atoms with Gasteiger partial charge in [-0.2, -0.15) is 13.2 Å². The van der Waals surface area contributed by atoms with E-state index in [2.05, 4.69) is 25.2 Å². The van der Waals surface area contributed by atoms with E-state index in [1.54, 1.807) is 24.3 Å². The summed E-state index contributed by atoms with van der Waals surface area (Å²) >= 11 is 5.92. The van der Waals surface area contributed by atoms with Gasteiger partial charge < -0.3 is 25.7 Å². The summed E-state index contributed by atoms with van der Waals surface area (Å²) in [7, 11) is 0. The number of nitrogens with zero attached hydrogens (tertiary/aromatic N) is 3. The largest absolute Gasteiger partial charge is 0.455 e. The quantitative estimate of drug-likeness (QED) is 0.302. The maximum atomic E-state index is 13.4. The number of hydrogen-bond acceptors (Lipinski definition) is 6. The van der Waals surface area contributed by atoms with Gasteiger partial charge in [0.05, 0.1) is 22.2 Å². The number of hydrogen-bond donors (Lipinski definition) is 3. The van der Waals surface area contributed by atoms with Gasteiger partial charge in [-0.05, 0) is 61.4 Å². The van der Waals surface area contributed by atoms with Gasteiger partial charge in [0, 0.05) is 30.9 Å². The number of ether oxygens (including phenoxy) is 1. The molecule has 5 rings (SSSR count). The number of nitrogens with one attached hydrogen (secondary N) is 2. The summed E-state index contributed by atoms with van der Waals surface area (Å²) < 4.78 is 46.2. The van der Waals surface area contributed by atoms with Crippen molar-refractivity contribution in [1.29, 1.82) is 0 Å². The molecule has 36 heavy (non-hydrogen) atoms. The zero-order valence-corrected chi connectivity index (χ0v) is 20.1. The molecule has 11 heteroatoms. The molecule has 1 unspecified atom stereocenters. The van der Waals surface area contributed by atoms with Crippen LogP contribution >= 0.6 is 11.6 Å². The summed E-state index contributed by atoms with van der Waals surface area (Å²) in [5.74, 6) is 1.49. The van der Waals surface area contributed by atoms with Gasteiger partial charge in [0.15, 0.2) is 5.75 Å². The van der Waals surface area contributed by atoms with Gasteiger partial charge in [0.2, 0.25) is 0 Å². The van der Waals surface area contributed by atoms with Crippen molar-refractivity contribution in [2.45, 2.75) is 25.1 Å². The number of fused-ring (bicyclic) bond motifs is 1. The van der Waals surface area contributed by atoms with Crippen LogP contribution in [-0.4, -0.2) is 40.1 Å². The highest BCUT2D eigenvalue weighted by Gasteiger charge is 2.37. The first-order chi connectivity index (χ1) is 17.1. The van der Waals surface area contributed by atoms with Crippen LogP contribution in [0.1, 0.15) is 17.5 Å². The number of aromatic amines is 1. The second-order valence-corrected chi connectivity index (χ2v) is 9.48. The van der Waals surface area contributed by atoms with Gasteiger partial charge in [-0.15, -0.1) is 0 Å². The van der Waals surface area contributed by atoms with E-state index in [-0.39, 0.29) is 18.0 Å². The Hall–Kier alpha value is -3.50. The number of anilines is 2. The van der Waals surface area contributed by atoms with Crippen LogP contribution in [0.5, 0.6) is 11.5 Å². The molecule has 0 radical (unpaired) electrons. The van der Waals surface area contributed by atoms with Crippen LogP contribution < -0.4 is 20.7 Å². The Bertz CT molecular complexity index is 1390. The molecule has 3 heterocycles. The lowest BCUT2D eigenvalue weighted by molar-refractivity contribution is -0.137. The highest BCUT2D eigenvalue weighted by molar-refractivity contribution is 6.30. The summed E-state index contributed by atoms with van der Waals surface area (Å²) in [4.78, 5) is 14.0. The fourth-order valence-electron chi connectivity index (χ4n) is 4.39. The lowest BCUT2D eigenvalue weighted by atomic mass is 10.00. The van der Waals surface area contributed by atoms with Crippen molar-refractivity contribution in [3.05, 3.63) is 71.1 Å². The van der Waals surface area contributed by atoms with Crippen LogP contribution in [0.25, 0.3) is 11.0 Å². The molecule has 1 fully saturated rings. The lowest BCUT2D eigenvalue weighted by Crippen LogP contribution is -2.48. The van der Waals surface area contributed by atoms with E-state index in [0.29, 0.717) is 30.3 Å². The minimum absolute atomic E-state index is 0.203. The van der Waals surface area contributed by atoms with Gasteiger partial charge in [0.25, 0.3) is 0 Å². The van der Waals surface area contributed by atoms with E-state index in [9.17, 15) is 13.2 Å². The van der Waals surface area contributed by atoms with Crippen molar-refractivity contribution < 1.29 is 17.9 Å². The molecule has 4 N–H and O–H groups in total. The number of nitrogens with two attached hydrogens (primary N) is 1. The molecule has 4 aromatic rings. The Morgan fingerprint density at radius 1 is 1.19 bits per heavy atom. The topological polar surface area (TPSA) is 92.1 Å². The SMILES string of the molecule is Cc1c[nH]c2ncnc(N3CCC(N)(CNc4cc(C(F)(F)F)ccc4Oc4ccc(Cl)cc4)C3)c12. The summed E-state index contributed by atoms with van der Waals surface area (Å²) in [6, 6.07) is 9.92. The lowest BCUT2D eigenvalue weighted by Gasteiger charge is -2.27. The first kappa shape index (κ1) is 24.2. The minimum Gasteiger partial charge on any atom is -0.455 e. The maximum Gasteiger partial charge on any atom is 0.416 e. The zero-order chi connectivity index (χ0) is 25.5. The summed E-state index contributed by atoms with van der Waals surface area (Å²) in [5, 5.41) is 4.58. The average Bonchev–Trinajstić information content (AvgIpc) is 3.42. The number of rotatable bonds is 6. The van der Waals surface area contributed by atoms with Gasteiger partial charge in [0.1, 0.15) is 23.5 Å². The fraction of sp³-hybridized carbons (Fsp3) is 0.280. The third-order valence-corrected chi connectivity index (χ3v) is 6.56. The molecule has 1 atom stereocenters. The maximum absolute atomic E-state index is 13.4. The summed E-state index contributed by atoms with van der Waals surface area (Å²) in [6.45, 7) is 3.35. The first-order valence-electron chi connectivity index (χ1n) is 11.3. The van der Waals surface area contributed by atoms with Gasteiger partial charge in [-0.3, -0.25) is 0 Å². The third kappa shape index (κ3) is 4.91. The fourth-order valence-corrected chi connectivity index (χ4v) is 4.52. The Kier molecular flexibility index (Phi) is 6.17. The normalized spacial score (nSPS) is 18.1. The Morgan fingerprint density at radius 3 is 2.72 bits per heavy atom. The number of aryl methyl sites for hydroxylation is 1. The molecule has 0 bridgehead atoms. The van der Waals surface area contributed by atoms with E-state index in [0.717, 1.165) is 34.5 Å². The highest BCUT2D eigenvalue weighted by Crippen LogP contribution is 2.38. The van der Waals surface area contributed by atoms with Crippen molar-refractivity contribution >= 4 is 34.1 Å². The molecule has 188 valence electrons. The van der Waals surface area contributed by atoms with Crippen molar-refractivity contribution in [3.63, 3.8) is 0 Å². The van der Waals surface area contributed by atoms with E-state index in [1.807, 2.05) is 13.1 Å². The molecule has 2 aromatic heterocycles. The summed E-state index contributed by atoms with van der Waals surface area (Å²) in [6.07, 6.45) is -0.481. The standard InChI is InChI=1S/C25H24ClF3N6O/c1-15-11-31-22-21(15)23(34-14-33-22)35-9-8-24(30,13-35)12-32-19-10-16(25(27,28)29)2-7-20(19)36-18-5-3-17(26)4-6-18/h2-7,10-11,14,32H,8-9,12-13,30H2,1H3,(H,31,33,34). The second-order valence-electron chi connectivity index (χ2n) is 9.04. The van der Waals surface area contributed by atoms with Crippen LogP contribution in [0.4, 0.5) is 24.7 Å². The molecule has 2 aromatic carbocycles. The molecular formula is C25H24ClF3N6O. The van der Waals surface area contributed by atoms with E-state index in [1.165, 1.54) is 12.4 Å². The smallest absolute Gasteiger partial charge is 0.416 e. The van der Waals surface area contributed by atoms with Crippen LogP contribution in [0, 0.1) is 6.92 Å². The Balaban J connectivity index is 1.36. The number of benzene rings is 2. The third-order valence-electron chi connectivity index (χ3n) is 6.31. The van der Waals surface area contributed by atoms with Gasteiger partial charge in [-0.25, -0.2) is 9.97 Å². The van der Waals surface area contributed by atoms with E-state index < -0.39 is 17.3 Å². The predicted molar refractivity (Wildman–Crippen MR) is 134 cm³/mol. The van der Waals surface area contributed by atoms with Crippen molar-refractivity contribution in [2.75, 3.05) is 29.9 Å². The molecular weight excluding hydrogens is 493 g/mol. The molecule has 0 aliphatic carbocycles. The monoisotopic (exact) mass is 516 g/mol. The van der Waals surface area contributed by atoms with Gasteiger partial charge >= 0.3 is 6.18 Å². The first-order valence-corrected chi connectivity index (χ1v) is 11.7. The molecule has 1 saturated heterocycles. The number of H-pyrrole nitrogens is 1. The van der Waals surface area contributed by atoms with Crippen LogP contribution in [0.2, 0.25) is 5.02 Å².